The van der Waals surface area contributed by atoms with Crippen LogP contribution in [-0.4, -0.2) is 31.8 Å². The molecule has 0 aromatic rings. The van der Waals surface area contributed by atoms with Crippen molar-refractivity contribution < 1.29 is 9.53 Å². The third-order valence-electron chi connectivity index (χ3n) is 0.545. The average Bonchev–Trinajstić information content (AvgIpc) is 1.89. The zero-order valence-corrected chi connectivity index (χ0v) is 7.13. The van der Waals surface area contributed by atoms with Crippen LogP contribution in [0.5, 0.6) is 0 Å². The van der Waals surface area contributed by atoms with Gasteiger partial charge in [-0.05, 0) is 6.92 Å². The van der Waals surface area contributed by atoms with Gasteiger partial charge in [0.25, 0.3) is 0 Å². The Hall–Kier alpha value is -0.850. The first-order valence-corrected chi connectivity index (χ1v) is 3.10. The van der Waals surface area contributed by atoms with Gasteiger partial charge in [-0.1, -0.05) is 0 Å². The van der Waals surface area contributed by atoms with Gasteiger partial charge in [-0.15, -0.1) is 0 Å². The van der Waals surface area contributed by atoms with Crippen molar-refractivity contribution in [2.75, 3.05) is 20.7 Å². The summed E-state index contributed by atoms with van der Waals surface area (Å²) in [6.45, 7) is 2.06. The molecule has 0 fully saturated rings. The first-order chi connectivity index (χ1) is 5.04. The van der Waals surface area contributed by atoms with Gasteiger partial charge in [0.15, 0.2) is 0 Å². The summed E-state index contributed by atoms with van der Waals surface area (Å²) in [6, 6.07) is 0. The molecule has 0 saturated carbocycles. The maximum absolute atomic E-state index is 9.60. The van der Waals surface area contributed by atoms with Crippen LogP contribution in [0.2, 0.25) is 0 Å². The third-order valence-corrected chi connectivity index (χ3v) is 0.545. The maximum Gasteiger partial charge on any atom is 0.404 e. The molecule has 0 heterocycles. The molecule has 0 aliphatic rings. The van der Waals surface area contributed by atoms with Crippen LogP contribution in [0.25, 0.3) is 0 Å². The minimum Gasteiger partial charge on any atom is -0.450 e. The Morgan fingerprint density at radius 2 is 2.00 bits per heavy atom. The second kappa shape index (κ2) is 9.15. The Bertz CT molecular complexity index is 96.5. The first-order valence-electron chi connectivity index (χ1n) is 3.10. The van der Waals surface area contributed by atoms with Crippen molar-refractivity contribution >= 4 is 6.09 Å². The molecule has 0 unspecified atom stereocenters. The Labute approximate surface area is 66.4 Å². The summed E-state index contributed by atoms with van der Waals surface area (Å²) in [4.78, 5) is 9.60. The second-order valence-corrected chi connectivity index (χ2v) is 1.78. The SMILES string of the molecule is CCOC(N)=O.CN(C)NN. The number of nitrogens with two attached hydrogens (primary N) is 2. The number of carbonyl (C=O) groups excluding carboxylic acids is 1. The number of nitrogens with zero attached hydrogens (tertiary/aromatic N) is 1. The topological polar surface area (TPSA) is 93.6 Å². The number of ether oxygens (including phenoxy) is 1. The number of hydrazine groups is 2. The number of primary amides is 1. The number of hydrogen-bond acceptors (Lipinski definition) is 5. The van der Waals surface area contributed by atoms with E-state index in [-0.39, 0.29) is 0 Å². The monoisotopic (exact) mass is 164 g/mol. The molecule has 0 rings (SSSR count). The van der Waals surface area contributed by atoms with Crippen LogP contribution in [-0.2, 0) is 4.74 Å². The van der Waals surface area contributed by atoms with Gasteiger partial charge in [0.05, 0.1) is 6.61 Å². The van der Waals surface area contributed by atoms with E-state index in [1.807, 2.05) is 14.1 Å². The summed E-state index contributed by atoms with van der Waals surface area (Å²) in [5.41, 5.74) is 6.90. The van der Waals surface area contributed by atoms with E-state index in [4.69, 9.17) is 5.84 Å². The van der Waals surface area contributed by atoms with E-state index in [9.17, 15) is 4.79 Å². The van der Waals surface area contributed by atoms with Gasteiger partial charge in [0, 0.05) is 14.1 Å². The molecule has 0 bridgehead atoms. The summed E-state index contributed by atoms with van der Waals surface area (Å²) < 4.78 is 4.18. The lowest BCUT2D eigenvalue weighted by Crippen LogP contribution is -2.36. The quantitative estimate of drug-likeness (QED) is 0.360. The lowest BCUT2D eigenvalue weighted by atomic mass is 10.9. The molecule has 0 aliphatic heterocycles. The molecule has 0 radical (unpaired) electrons. The van der Waals surface area contributed by atoms with Gasteiger partial charge in [-0.2, -0.15) is 5.53 Å². The van der Waals surface area contributed by atoms with E-state index < -0.39 is 6.09 Å². The van der Waals surface area contributed by atoms with Gasteiger partial charge in [-0.3, -0.25) is 5.84 Å². The molecule has 0 spiro atoms. The Morgan fingerprint density at radius 3 is 2.00 bits per heavy atom. The highest BCUT2D eigenvalue weighted by Crippen LogP contribution is 1.66. The summed E-state index contributed by atoms with van der Waals surface area (Å²) in [5, 5.41) is 1.65. The van der Waals surface area contributed by atoms with Crippen molar-refractivity contribution in [2.45, 2.75) is 6.92 Å². The van der Waals surface area contributed by atoms with E-state index in [1.165, 1.54) is 0 Å². The standard InChI is InChI=1S/C3H7NO2.C2H9N3/c1-2-6-3(4)5;1-5(2)4-3/h2H2,1H3,(H2,4,5);4H,3H2,1-2H3. The molecule has 11 heavy (non-hydrogen) atoms. The van der Waals surface area contributed by atoms with Crippen LogP contribution in [0.3, 0.4) is 0 Å². The summed E-state index contributed by atoms with van der Waals surface area (Å²) in [5.74, 6) is 4.85. The number of amides is 1. The number of nitrogens with one attached hydrogen (secondary N) is 1. The maximum atomic E-state index is 9.60. The van der Waals surface area contributed by atoms with E-state index in [0.717, 1.165) is 0 Å². The van der Waals surface area contributed by atoms with Crippen LogP contribution < -0.4 is 17.1 Å². The minimum atomic E-state index is -0.711. The zero-order chi connectivity index (χ0) is 9.28. The minimum absolute atomic E-state index is 0.356. The van der Waals surface area contributed by atoms with Crippen LogP contribution in [0.15, 0.2) is 0 Å². The fourth-order valence-corrected chi connectivity index (χ4v) is 0.142. The normalized spacial score (nSPS) is 8.45. The van der Waals surface area contributed by atoms with Gasteiger partial charge in [0.1, 0.15) is 0 Å². The molecule has 0 aromatic heterocycles. The molecule has 1 amide bonds. The van der Waals surface area contributed by atoms with Gasteiger partial charge < -0.3 is 10.5 Å². The molecule has 6 heteroatoms. The second-order valence-electron chi connectivity index (χ2n) is 1.78. The van der Waals surface area contributed by atoms with Crippen LogP contribution in [0, 0.1) is 0 Å². The molecule has 0 aliphatic carbocycles. The molecular weight excluding hydrogens is 148 g/mol. The Kier molecular flexibility index (Phi) is 10.6. The van der Waals surface area contributed by atoms with E-state index in [0.29, 0.717) is 6.61 Å². The van der Waals surface area contributed by atoms with E-state index in [2.05, 4.69) is 16.0 Å². The van der Waals surface area contributed by atoms with Gasteiger partial charge in [0.2, 0.25) is 0 Å². The highest BCUT2D eigenvalue weighted by atomic mass is 16.5. The van der Waals surface area contributed by atoms with Gasteiger partial charge in [-0.25, -0.2) is 9.80 Å². The largest absolute Gasteiger partial charge is 0.450 e. The first kappa shape index (κ1) is 12.8. The van der Waals surface area contributed by atoms with Crippen LogP contribution in [0.1, 0.15) is 6.92 Å². The van der Waals surface area contributed by atoms with E-state index >= 15 is 0 Å². The molecule has 6 nitrogen and oxygen atoms in total. The smallest absolute Gasteiger partial charge is 0.404 e. The number of rotatable bonds is 2. The van der Waals surface area contributed by atoms with Gasteiger partial charge >= 0.3 is 6.09 Å². The summed E-state index contributed by atoms with van der Waals surface area (Å²) in [7, 11) is 3.64. The Balaban J connectivity index is 0. The van der Waals surface area contributed by atoms with Crippen molar-refractivity contribution in [3.8, 4) is 0 Å². The molecule has 5 N–H and O–H groups in total. The fraction of sp³-hybridized carbons (Fsp3) is 0.800. The van der Waals surface area contributed by atoms with Crippen molar-refractivity contribution in [2.24, 2.45) is 11.6 Å². The van der Waals surface area contributed by atoms with Crippen molar-refractivity contribution in [1.82, 2.24) is 10.5 Å². The van der Waals surface area contributed by atoms with Crippen molar-refractivity contribution in [1.29, 1.82) is 0 Å². The molecule has 0 atom stereocenters. The van der Waals surface area contributed by atoms with Crippen molar-refractivity contribution in [3.63, 3.8) is 0 Å². The third kappa shape index (κ3) is 27.2. The summed E-state index contributed by atoms with van der Waals surface area (Å²) >= 11 is 0. The predicted molar refractivity (Wildman–Crippen MR) is 42.2 cm³/mol. The fourth-order valence-electron chi connectivity index (χ4n) is 0.142. The van der Waals surface area contributed by atoms with Crippen LogP contribution in [0.4, 0.5) is 4.79 Å². The lowest BCUT2D eigenvalue weighted by Gasteiger charge is -2.02. The molecule has 0 aromatic carbocycles. The highest BCUT2D eigenvalue weighted by Gasteiger charge is 1.82. The summed E-state index contributed by atoms with van der Waals surface area (Å²) in [6.07, 6.45) is -0.711. The highest BCUT2D eigenvalue weighted by molar-refractivity contribution is 5.64. The average molecular weight is 164 g/mol. The molecule has 0 saturated heterocycles. The number of hydrogen-bond donors (Lipinski definition) is 3. The zero-order valence-electron chi connectivity index (χ0n) is 7.13. The Morgan fingerprint density at radius 1 is 1.64 bits per heavy atom. The van der Waals surface area contributed by atoms with Crippen molar-refractivity contribution in [3.05, 3.63) is 0 Å². The molecular formula is C5H16N4O2. The number of carbonyl (C=O) groups is 1. The lowest BCUT2D eigenvalue weighted by molar-refractivity contribution is 0.163. The van der Waals surface area contributed by atoms with E-state index in [1.54, 1.807) is 11.9 Å². The predicted octanol–water partition coefficient (Wildman–Crippen LogP) is -0.972. The van der Waals surface area contributed by atoms with Crippen LogP contribution >= 0.6 is 0 Å². The molecule has 68 valence electrons.